The molecule has 0 radical (unpaired) electrons. The highest BCUT2D eigenvalue weighted by Crippen LogP contribution is 2.24. The lowest BCUT2D eigenvalue weighted by atomic mass is 10.1. The van der Waals surface area contributed by atoms with Gasteiger partial charge in [0, 0.05) is 29.6 Å². The second-order valence-corrected chi connectivity index (χ2v) is 4.41. The van der Waals surface area contributed by atoms with E-state index in [1.807, 2.05) is 0 Å². The Labute approximate surface area is 99.4 Å². The first-order valence-electron chi connectivity index (χ1n) is 4.79. The van der Waals surface area contributed by atoms with E-state index in [1.165, 1.54) is 11.3 Å². The number of nitrogens with zero attached hydrogens (tertiary/aromatic N) is 1. The van der Waals surface area contributed by atoms with Crippen molar-refractivity contribution in [3.63, 3.8) is 0 Å². The molecule has 1 unspecified atom stereocenters. The zero-order chi connectivity index (χ0) is 12.4. The van der Waals surface area contributed by atoms with E-state index >= 15 is 0 Å². The van der Waals surface area contributed by atoms with Crippen LogP contribution in [-0.4, -0.2) is 10.1 Å². The van der Waals surface area contributed by atoms with E-state index in [0.29, 0.717) is 17.1 Å². The van der Waals surface area contributed by atoms with Crippen LogP contribution < -0.4 is 0 Å². The first-order chi connectivity index (χ1) is 8.08. The number of benzene rings is 1. The van der Waals surface area contributed by atoms with Crippen LogP contribution in [0.25, 0.3) is 0 Å². The standard InChI is InChI=1S/C11H8F3NOS/c12-7-4-9(14)8(13)3-6(7)10(16)5-11-15-1-2-17-11/h1-4,10,16H,5H2. The molecule has 0 spiro atoms. The van der Waals surface area contributed by atoms with Gasteiger partial charge in [0.1, 0.15) is 5.82 Å². The van der Waals surface area contributed by atoms with Crippen molar-refractivity contribution >= 4 is 11.3 Å². The fraction of sp³-hybridized carbons (Fsp3) is 0.182. The highest BCUT2D eigenvalue weighted by molar-refractivity contribution is 7.09. The molecular formula is C11H8F3NOS. The van der Waals surface area contributed by atoms with Crippen LogP contribution in [-0.2, 0) is 6.42 Å². The Bertz CT molecular complexity index is 516. The van der Waals surface area contributed by atoms with Crippen molar-refractivity contribution in [3.8, 4) is 0 Å². The van der Waals surface area contributed by atoms with Crippen molar-refractivity contribution in [1.29, 1.82) is 0 Å². The van der Waals surface area contributed by atoms with Crippen LogP contribution >= 0.6 is 11.3 Å². The van der Waals surface area contributed by atoms with Crippen molar-refractivity contribution < 1.29 is 18.3 Å². The fourth-order valence-corrected chi connectivity index (χ4v) is 2.08. The highest BCUT2D eigenvalue weighted by Gasteiger charge is 2.18. The summed E-state index contributed by atoms with van der Waals surface area (Å²) in [6, 6.07) is 1.10. The van der Waals surface area contributed by atoms with Crippen LogP contribution in [0, 0.1) is 17.5 Å². The quantitative estimate of drug-likeness (QED) is 0.860. The van der Waals surface area contributed by atoms with Crippen molar-refractivity contribution in [1.82, 2.24) is 4.98 Å². The molecular weight excluding hydrogens is 251 g/mol. The number of halogens is 3. The average Bonchev–Trinajstić information content (AvgIpc) is 2.76. The average molecular weight is 259 g/mol. The lowest BCUT2D eigenvalue weighted by molar-refractivity contribution is 0.172. The van der Waals surface area contributed by atoms with Gasteiger partial charge in [-0.1, -0.05) is 0 Å². The Morgan fingerprint density at radius 3 is 2.53 bits per heavy atom. The normalized spacial score (nSPS) is 12.7. The topological polar surface area (TPSA) is 33.1 Å². The van der Waals surface area contributed by atoms with Crippen molar-refractivity contribution in [2.75, 3.05) is 0 Å². The molecule has 0 saturated heterocycles. The van der Waals surface area contributed by atoms with Crippen molar-refractivity contribution in [2.24, 2.45) is 0 Å². The molecule has 17 heavy (non-hydrogen) atoms. The predicted molar refractivity (Wildman–Crippen MR) is 57.1 cm³/mol. The van der Waals surface area contributed by atoms with Crippen molar-refractivity contribution in [2.45, 2.75) is 12.5 Å². The predicted octanol–water partition coefficient (Wildman–Crippen LogP) is 2.84. The summed E-state index contributed by atoms with van der Waals surface area (Å²) in [5.41, 5.74) is -0.265. The number of hydrogen-bond donors (Lipinski definition) is 1. The second kappa shape index (κ2) is 4.85. The van der Waals surface area contributed by atoms with Gasteiger partial charge >= 0.3 is 0 Å². The molecule has 2 rings (SSSR count). The summed E-state index contributed by atoms with van der Waals surface area (Å²) in [6.45, 7) is 0. The van der Waals surface area contributed by atoms with Crippen LogP contribution in [0.3, 0.4) is 0 Å². The minimum atomic E-state index is -1.27. The van der Waals surface area contributed by atoms with Crippen LogP contribution in [0.4, 0.5) is 13.2 Å². The number of aliphatic hydroxyl groups is 1. The molecule has 1 atom stereocenters. The maximum Gasteiger partial charge on any atom is 0.161 e. The van der Waals surface area contributed by atoms with Gasteiger partial charge in [0.15, 0.2) is 11.6 Å². The maximum absolute atomic E-state index is 13.3. The maximum atomic E-state index is 13.3. The monoisotopic (exact) mass is 259 g/mol. The van der Waals surface area contributed by atoms with Crippen molar-refractivity contribution in [3.05, 3.63) is 51.7 Å². The molecule has 0 bridgehead atoms. The van der Waals surface area contributed by atoms with Crippen LogP contribution in [0.15, 0.2) is 23.7 Å². The zero-order valence-corrected chi connectivity index (χ0v) is 9.35. The number of aliphatic hydroxyl groups excluding tert-OH is 1. The van der Waals surface area contributed by atoms with E-state index < -0.39 is 23.6 Å². The summed E-state index contributed by atoms with van der Waals surface area (Å²) in [6.07, 6.45) is 0.379. The van der Waals surface area contributed by atoms with Gasteiger partial charge in [-0.25, -0.2) is 18.2 Å². The zero-order valence-electron chi connectivity index (χ0n) is 8.53. The molecule has 0 fully saturated rings. The molecule has 0 aliphatic rings. The number of hydrogen-bond acceptors (Lipinski definition) is 3. The summed E-state index contributed by atoms with van der Waals surface area (Å²) in [7, 11) is 0. The lowest BCUT2D eigenvalue weighted by Gasteiger charge is -2.10. The molecule has 0 aliphatic carbocycles. The number of aromatic nitrogens is 1. The molecule has 1 heterocycles. The highest BCUT2D eigenvalue weighted by atomic mass is 32.1. The fourth-order valence-electron chi connectivity index (χ4n) is 1.42. The van der Waals surface area contributed by atoms with Gasteiger partial charge in [-0.15, -0.1) is 11.3 Å². The molecule has 1 aromatic carbocycles. The Balaban J connectivity index is 2.24. The summed E-state index contributed by atoms with van der Waals surface area (Å²) < 4.78 is 39.0. The molecule has 90 valence electrons. The third-order valence-corrected chi connectivity index (χ3v) is 3.05. The molecule has 2 nitrogen and oxygen atoms in total. The van der Waals surface area contributed by atoms with Crippen LogP contribution in [0.2, 0.25) is 0 Å². The van der Waals surface area contributed by atoms with Gasteiger partial charge in [-0.05, 0) is 6.07 Å². The minimum absolute atomic E-state index is 0.0691. The van der Waals surface area contributed by atoms with Crippen LogP contribution in [0.5, 0.6) is 0 Å². The smallest absolute Gasteiger partial charge is 0.161 e. The Kier molecular flexibility index (Phi) is 3.44. The number of rotatable bonds is 3. The van der Waals surface area contributed by atoms with Crippen LogP contribution in [0.1, 0.15) is 16.7 Å². The van der Waals surface area contributed by atoms with E-state index in [2.05, 4.69) is 4.98 Å². The first kappa shape index (κ1) is 12.1. The molecule has 0 aliphatic heterocycles. The molecule has 0 amide bonds. The molecule has 2 aromatic rings. The van der Waals surface area contributed by atoms with E-state index in [-0.39, 0.29) is 12.0 Å². The van der Waals surface area contributed by atoms with Gasteiger partial charge in [0.25, 0.3) is 0 Å². The SMILES string of the molecule is OC(Cc1nccs1)c1cc(F)c(F)cc1F. The van der Waals surface area contributed by atoms with E-state index in [0.717, 1.165) is 0 Å². The summed E-state index contributed by atoms with van der Waals surface area (Å²) in [5, 5.41) is 12.0. The minimum Gasteiger partial charge on any atom is -0.388 e. The summed E-state index contributed by atoms with van der Waals surface area (Å²) in [4.78, 5) is 3.92. The molecule has 1 N–H and O–H groups in total. The first-order valence-corrected chi connectivity index (χ1v) is 5.66. The van der Waals surface area contributed by atoms with Gasteiger partial charge in [0.05, 0.1) is 11.1 Å². The number of thiazole rings is 1. The van der Waals surface area contributed by atoms with E-state index in [9.17, 15) is 18.3 Å². The lowest BCUT2D eigenvalue weighted by Crippen LogP contribution is -2.06. The molecule has 0 saturated carbocycles. The Morgan fingerprint density at radius 1 is 1.18 bits per heavy atom. The Morgan fingerprint density at radius 2 is 1.88 bits per heavy atom. The van der Waals surface area contributed by atoms with Gasteiger partial charge in [0.2, 0.25) is 0 Å². The summed E-state index contributed by atoms with van der Waals surface area (Å²) in [5.74, 6) is -3.42. The Hall–Kier alpha value is -1.40. The van der Waals surface area contributed by atoms with Gasteiger partial charge in [-0.2, -0.15) is 0 Å². The van der Waals surface area contributed by atoms with E-state index in [1.54, 1.807) is 11.6 Å². The summed E-state index contributed by atoms with van der Waals surface area (Å²) >= 11 is 1.30. The van der Waals surface area contributed by atoms with Gasteiger partial charge < -0.3 is 5.11 Å². The second-order valence-electron chi connectivity index (χ2n) is 3.43. The van der Waals surface area contributed by atoms with E-state index in [4.69, 9.17) is 0 Å². The molecule has 6 heteroatoms. The third kappa shape index (κ3) is 2.65. The third-order valence-electron chi connectivity index (χ3n) is 2.25. The molecule has 1 aromatic heterocycles. The largest absolute Gasteiger partial charge is 0.388 e. The van der Waals surface area contributed by atoms with Gasteiger partial charge in [-0.3, -0.25) is 0 Å².